The normalized spacial score (nSPS) is 45.8. The number of nitrogens with one attached hydrogen (secondary N) is 1. The van der Waals surface area contributed by atoms with E-state index in [0.717, 1.165) is 30.2 Å². The molecule has 1 saturated carbocycles. The Labute approximate surface area is 111 Å². The molecule has 0 aromatic rings. The van der Waals surface area contributed by atoms with Crippen LogP contribution in [0, 0.1) is 0 Å². The Balaban J connectivity index is 1.30. The third kappa shape index (κ3) is 2.10. The van der Waals surface area contributed by atoms with Gasteiger partial charge in [-0.05, 0) is 52.0 Å². The Kier molecular flexibility index (Phi) is 2.90. The quantitative estimate of drug-likeness (QED) is 0.816. The predicted molar refractivity (Wildman–Crippen MR) is 73.7 cm³/mol. The van der Waals surface area contributed by atoms with Gasteiger partial charge in [0.25, 0.3) is 0 Å². The van der Waals surface area contributed by atoms with Crippen molar-refractivity contribution in [1.29, 1.82) is 0 Å². The molecule has 0 spiro atoms. The molecule has 102 valence electrons. The van der Waals surface area contributed by atoms with Crippen molar-refractivity contribution >= 4 is 0 Å². The van der Waals surface area contributed by atoms with Gasteiger partial charge in [0.05, 0.1) is 0 Å². The maximum atomic E-state index is 3.98. The van der Waals surface area contributed by atoms with E-state index < -0.39 is 0 Å². The van der Waals surface area contributed by atoms with Crippen molar-refractivity contribution in [3.63, 3.8) is 0 Å². The first-order valence-corrected chi connectivity index (χ1v) is 8.01. The lowest BCUT2D eigenvalue weighted by atomic mass is 9.97. The van der Waals surface area contributed by atoms with Crippen LogP contribution in [0.3, 0.4) is 0 Å². The molecule has 4 fully saturated rings. The van der Waals surface area contributed by atoms with E-state index in [-0.39, 0.29) is 0 Å². The average Bonchev–Trinajstić information content (AvgIpc) is 3.08. The highest BCUT2D eigenvalue weighted by Gasteiger charge is 2.40. The molecule has 3 aliphatic heterocycles. The first-order chi connectivity index (χ1) is 8.79. The Morgan fingerprint density at radius 1 is 0.833 bits per heavy atom. The van der Waals surface area contributed by atoms with Gasteiger partial charge >= 0.3 is 0 Å². The molecule has 3 heteroatoms. The van der Waals surface area contributed by atoms with E-state index in [4.69, 9.17) is 0 Å². The highest BCUT2D eigenvalue weighted by molar-refractivity contribution is 4.98. The van der Waals surface area contributed by atoms with Gasteiger partial charge in [0.15, 0.2) is 0 Å². The first-order valence-electron chi connectivity index (χ1n) is 8.01. The molecule has 4 aliphatic rings. The number of piperidine rings is 1. The zero-order valence-electron chi connectivity index (χ0n) is 11.6. The Bertz CT molecular complexity index is 301. The van der Waals surface area contributed by atoms with Gasteiger partial charge in [0.1, 0.15) is 0 Å². The van der Waals surface area contributed by atoms with E-state index in [1.807, 2.05) is 0 Å². The van der Waals surface area contributed by atoms with Crippen molar-refractivity contribution in [2.24, 2.45) is 0 Å². The summed E-state index contributed by atoms with van der Waals surface area (Å²) >= 11 is 0. The monoisotopic (exact) mass is 249 g/mol. The van der Waals surface area contributed by atoms with E-state index in [1.165, 1.54) is 58.0 Å². The number of hydrogen-bond donors (Lipinski definition) is 1. The summed E-state index contributed by atoms with van der Waals surface area (Å²) in [5.74, 6) is 0. The molecule has 4 rings (SSSR count). The van der Waals surface area contributed by atoms with Gasteiger partial charge in [-0.2, -0.15) is 0 Å². The molecule has 3 unspecified atom stereocenters. The standard InChI is InChI=1S/C15H27N3/c1-17-14-4-5-15(17)9-12(8-14)16-11-6-7-18(10-11)13-2-3-13/h11-16H,2-10H2,1H3. The molecule has 1 aliphatic carbocycles. The first kappa shape index (κ1) is 11.7. The zero-order chi connectivity index (χ0) is 12.1. The maximum absolute atomic E-state index is 3.98. The Morgan fingerprint density at radius 2 is 1.50 bits per heavy atom. The number of rotatable bonds is 3. The van der Waals surface area contributed by atoms with Crippen molar-refractivity contribution in [2.45, 2.75) is 75.2 Å². The fourth-order valence-corrected chi connectivity index (χ4v) is 4.58. The van der Waals surface area contributed by atoms with Crippen molar-refractivity contribution in [3.05, 3.63) is 0 Å². The van der Waals surface area contributed by atoms with Crippen LogP contribution in [0.2, 0.25) is 0 Å². The molecule has 1 N–H and O–H groups in total. The molecule has 3 atom stereocenters. The molecular formula is C15H27N3. The van der Waals surface area contributed by atoms with Gasteiger partial charge < -0.3 is 10.2 Å². The molecule has 3 saturated heterocycles. The van der Waals surface area contributed by atoms with Crippen LogP contribution in [0.5, 0.6) is 0 Å². The van der Waals surface area contributed by atoms with Crippen molar-refractivity contribution < 1.29 is 0 Å². The van der Waals surface area contributed by atoms with E-state index in [0.29, 0.717) is 0 Å². The lowest BCUT2D eigenvalue weighted by Gasteiger charge is -2.38. The molecule has 2 bridgehead atoms. The van der Waals surface area contributed by atoms with Gasteiger partial charge in [0.2, 0.25) is 0 Å². The van der Waals surface area contributed by atoms with Gasteiger partial charge in [-0.3, -0.25) is 4.90 Å². The molecule has 3 nitrogen and oxygen atoms in total. The van der Waals surface area contributed by atoms with Crippen LogP contribution in [0.4, 0.5) is 0 Å². The summed E-state index contributed by atoms with van der Waals surface area (Å²) in [4.78, 5) is 5.37. The molecule has 3 heterocycles. The van der Waals surface area contributed by atoms with Gasteiger partial charge in [-0.15, -0.1) is 0 Å². The molecule has 18 heavy (non-hydrogen) atoms. The largest absolute Gasteiger partial charge is 0.310 e. The fourth-order valence-electron chi connectivity index (χ4n) is 4.58. The predicted octanol–water partition coefficient (Wildman–Crippen LogP) is 1.44. The molecular weight excluding hydrogens is 222 g/mol. The van der Waals surface area contributed by atoms with Crippen LogP contribution in [-0.4, -0.2) is 60.1 Å². The number of likely N-dealkylation sites (tertiary alicyclic amines) is 1. The second-order valence-electron chi connectivity index (χ2n) is 7.10. The van der Waals surface area contributed by atoms with Crippen LogP contribution in [0.25, 0.3) is 0 Å². The summed E-state index contributed by atoms with van der Waals surface area (Å²) in [6.07, 6.45) is 9.99. The van der Waals surface area contributed by atoms with E-state index in [2.05, 4.69) is 22.2 Å². The highest BCUT2D eigenvalue weighted by Crippen LogP contribution is 2.35. The van der Waals surface area contributed by atoms with E-state index >= 15 is 0 Å². The molecule has 0 amide bonds. The van der Waals surface area contributed by atoms with E-state index in [1.54, 1.807) is 0 Å². The van der Waals surface area contributed by atoms with Crippen LogP contribution >= 0.6 is 0 Å². The second-order valence-corrected chi connectivity index (χ2v) is 7.10. The minimum Gasteiger partial charge on any atom is -0.310 e. The summed E-state index contributed by atoms with van der Waals surface area (Å²) in [7, 11) is 2.34. The highest BCUT2D eigenvalue weighted by atomic mass is 15.2. The Hall–Kier alpha value is -0.120. The maximum Gasteiger partial charge on any atom is 0.0209 e. The van der Waals surface area contributed by atoms with Crippen LogP contribution in [0.1, 0.15) is 44.9 Å². The second kappa shape index (κ2) is 4.46. The van der Waals surface area contributed by atoms with E-state index in [9.17, 15) is 0 Å². The zero-order valence-corrected chi connectivity index (χ0v) is 11.6. The molecule has 0 aromatic carbocycles. The van der Waals surface area contributed by atoms with Crippen molar-refractivity contribution in [3.8, 4) is 0 Å². The van der Waals surface area contributed by atoms with Crippen LogP contribution < -0.4 is 5.32 Å². The fraction of sp³-hybridized carbons (Fsp3) is 1.00. The SMILES string of the molecule is CN1C2CCC1CC(NC1CCN(C3CC3)C1)C2. The lowest BCUT2D eigenvalue weighted by Crippen LogP contribution is -2.50. The van der Waals surface area contributed by atoms with Crippen LogP contribution in [-0.2, 0) is 0 Å². The number of fused-ring (bicyclic) bond motifs is 2. The summed E-state index contributed by atoms with van der Waals surface area (Å²) in [5.41, 5.74) is 0. The minimum atomic E-state index is 0.790. The molecule has 0 radical (unpaired) electrons. The number of hydrogen-bond acceptors (Lipinski definition) is 3. The van der Waals surface area contributed by atoms with Gasteiger partial charge in [-0.25, -0.2) is 0 Å². The van der Waals surface area contributed by atoms with Crippen molar-refractivity contribution in [1.82, 2.24) is 15.1 Å². The lowest BCUT2D eigenvalue weighted by molar-refractivity contribution is 0.143. The topological polar surface area (TPSA) is 18.5 Å². The summed E-state index contributed by atoms with van der Waals surface area (Å²) in [5, 5.41) is 3.98. The summed E-state index contributed by atoms with van der Waals surface area (Å²) in [6.45, 7) is 2.67. The average molecular weight is 249 g/mol. The van der Waals surface area contributed by atoms with Gasteiger partial charge in [-0.1, -0.05) is 0 Å². The van der Waals surface area contributed by atoms with Crippen molar-refractivity contribution in [2.75, 3.05) is 20.1 Å². The third-order valence-electron chi connectivity index (χ3n) is 5.85. The Morgan fingerprint density at radius 3 is 2.17 bits per heavy atom. The summed E-state index contributed by atoms with van der Waals surface area (Å²) in [6, 6.07) is 4.32. The summed E-state index contributed by atoms with van der Waals surface area (Å²) < 4.78 is 0. The third-order valence-corrected chi connectivity index (χ3v) is 5.85. The number of nitrogens with zero attached hydrogens (tertiary/aromatic N) is 2. The smallest absolute Gasteiger partial charge is 0.0209 e. The molecule has 0 aromatic heterocycles. The van der Waals surface area contributed by atoms with Gasteiger partial charge in [0, 0.05) is 43.3 Å². The van der Waals surface area contributed by atoms with Crippen LogP contribution in [0.15, 0.2) is 0 Å². The minimum absolute atomic E-state index is 0.790.